The first kappa shape index (κ1) is 10.3. The zero-order valence-corrected chi connectivity index (χ0v) is 8.64. The van der Waals surface area contributed by atoms with Crippen LogP contribution in [-0.4, -0.2) is 32.4 Å². The summed E-state index contributed by atoms with van der Waals surface area (Å²) in [6.45, 7) is 2.04. The van der Waals surface area contributed by atoms with Gasteiger partial charge in [0.05, 0.1) is 13.0 Å². The van der Waals surface area contributed by atoms with Crippen molar-refractivity contribution in [3.63, 3.8) is 0 Å². The van der Waals surface area contributed by atoms with Gasteiger partial charge in [-0.1, -0.05) is 0 Å². The van der Waals surface area contributed by atoms with Crippen molar-refractivity contribution in [1.29, 1.82) is 0 Å². The van der Waals surface area contributed by atoms with Crippen LogP contribution in [0.3, 0.4) is 0 Å². The normalized spacial score (nSPS) is 10.6. The molecular formula is C9H10N4O3. The maximum absolute atomic E-state index is 11.5. The molecule has 16 heavy (non-hydrogen) atoms. The van der Waals surface area contributed by atoms with Gasteiger partial charge in [0.25, 0.3) is 0 Å². The summed E-state index contributed by atoms with van der Waals surface area (Å²) in [5, 5.41) is 10.0. The summed E-state index contributed by atoms with van der Waals surface area (Å²) in [6.07, 6.45) is 1.39. The Hall–Kier alpha value is -2.18. The van der Waals surface area contributed by atoms with Crippen LogP contribution in [0.1, 0.15) is 12.6 Å². The topological polar surface area (TPSA) is 89.3 Å². The van der Waals surface area contributed by atoms with Crippen molar-refractivity contribution in [3.8, 4) is 0 Å². The molecule has 2 aromatic heterocycles. The number of hydrogen-bond acceptors (Lipinski definition) is 5. The van der Waals surface area contributed by atoms with Crippen molar-refractivity contribution in [2.75, 3.05) is 6.61 Å². The molecule has 7 nitrogen and oxygen atoms in total. The van der Waals surface area contributed by atoms with Gasteiger partial charge < -0.3 is 4.74 Å². The minimum atomic E-state index is -0.384. The lowest BCUT2D eigenvalue weighted by molar-refractivity contribution is -0.142. The van der Waals surface area contributed by atoms with Gasteiger partial charge in [-0.3, -0.25) is 14.7 Å². The molecule has 2 aromatic rings. The summed E-state index contributed by atoms with van der Waals surface area (Å²) in [6, 6.07) is 1.32. The van der Waals surface area contributed by atoms with Gasteiger partial charge in [0.2, 0.25) is 11.1 Å². The number of hydrogen-bond donors (Lipinski definition) is 1. The monoisotopic (exact) mass is 222 g/mol. The average molecular weight is 222 g/mol. The minimum Gasteiger partial charge on any atom is -0.466 e. The van der Waals surface area contributed by atoms with Crippen LogP contribution in [0.5, 0.6) is 0 Å². The Bertz CT molecular complexity index is 571. The lowest BCUT2D eigenvalue weighted by Gasteiger charge is -2.02. The SMILES string of the molecule is CCOC(=O)Cc1cc(=O)c2nncn2[nH]1. The minimum absolute atomic E-state index is 0.0250. The standard InChI is InChI=1S/C9H10N4O3/c1-2-16-8(15)4-6-3-7(14)9-11-10-5-13(9)12-6/h3,5,12H,2,4H2,1H3. The predicted octanol–water partition coefficient (Wildman–Crippen LogP) is -0.477. The highest BCUT2D eigenvalue weighted by molar-refractivity contribution is 5.71. The van der Waals surface area contributed by atoms with Crippen molar-refractivity contribution < 1.29 is 9.53 Å². The van der Waals surface area contributed by atoms with Crippen LogP contribution in [0.15, 0.2) is 17.2 Å². The number of carbonyl (C=O) groups excluding carboxylic acids is 1. The number of nitrogens with zero attached hydrogens (tertiary/aromatic N) is 3. The molecule has 0 saturated carbocycles. The Balaban J connectivity index is 2.31. The molecule has 0 radical (unpaired) electrons. The fourth-order valence-electron chi connectivity index (χ4n) is 1.35. The van der Waals surface area contributed by atoms with Gasteiger partial charge in [0, 0.05) is 11.8 Å². The van der Waals surface area contributed by atoms with Crippen molar-refractivity contribution in [3.05, 3.63) is 28.3 Å². The first-order valence-electron chi connectivity index (χ1n) is 4.78. The van der Waals surface area contributed by atoms with Crippen LogP contribution in [0, 0.1) is 0 Å². The maximum atomic E-state index is 11.5. The third-order valence-corrected chi connectivity index (χ3v) is 1.98. The molecule has 0 aromatic carbocycles. The number of nitrogens with one attached hydrogen (secondary N) is 1. The number of rotatable bonds is 3. The molecule has 84 valence electrons. The summed E-state index contributed by atoms with van der Waals surface area (Å²) in [4.78, 5) is 22.7. The molecule has 0 saturated heterocycles. The molecule has 7 heteroatoms. The number of aromatic nitrogens is 4. The van der Waals surface area contributed by atoms with E-state index in [4.69, 9.17) is 4.74 Å². The van der Waals surface area contributed by atoms with E-state index in [1.54, 1.807) is 6.92 Å². The Kier molecular flexibility index (Phi) is 2.67. The molecule has 0 unspecified atom stereocenters. The smallest absolute Gasteiger partial charge is 0.311 e. The van der Waals surface area contributed by atoms with Gasteiger partial charge in [-0.05, 0) is 6.92 Å². The average Bonchev–Trinajstić information content (AvgIpc) is 2.66. The third kappa shape index (κ3) is 1.92. The molecule has 0 spiro atoms. The van der Waals surface area contributed by atoms with Crippen molar-refractivity contribution in [2.24, 2.45) is 0 Å². The van der Waals surface area contributed by atoms with Gasteiger partial charge in [0.1, 0.15) is 6.33 Å². The number of carbonyl (C=O) groups is 1. The number of fused-ring (bicyclic) bond motifs is 1. The van der Waals surface area contributed by atoms with Crippen LogP contribution in [0.4, 0.5) is 0 Å². The first-order valence-corrected chi connectivity index (χ1v) is 4.78. The van der Waals surface area contributed by atoms with Crippen LogP contribution < -0.4 is 5.43 Å². The molecule has 0 bridgehead atoms. The van der Waals surface area contributed by atoms with Crippen LogP contribution in [0.2, 0.25) is 0 Å². The summed E-state index contributed by atoms with van der Waals surface area (Å²) in [5.41, 5.74) is 0.388. The number of H-pyrrole nitrogens is 1. The Morgan fingerprint density at radius 1 is 1.62 bits per heavy atom. The molecule has 0 fully saturated rings. The Morgan fingerprint density at radius 3 is 3.19 bits per heavy atom. The molecule has 0 aliphatic carbocycles. The van der Waals surface area contributed by atoms with E-state index in [-0.39, 0.29) is 23.5 Å². The van der Waals surface area contributed by atoms with Crippen LogP contribution in [-0.2, 0) is 16.0 Å². The van der Waals surface area contributed by atoms with Crippen LogP contribution in [0.25, 0.3) is 5.65 Å². The van der Waals surface area contributed by atoms with E-state index < -0.39 is 0 Å². The Labute approximate surface area is 90.0 Å². The largest absolute Gasteiger partial charge is 0.466 e. The summed E-state index contributed by atoms with van der Waals surface area (Å²) in [7, 11) is 0. The van der Waals surface area contributed by atoms with E-state index in [1.165, 1.54) is 16.9 Å². The highest BCUT2D eigenvalue weighted by Crippen LogP contribution is 1.96. The van der Waals surface area contributed by atoms with E-state index in [1.807, 2.05) is 0 Å². The quantitative estimate of drug-likeness (QED) is 0.708. The zero-order chi connectivity index (χ0) is 11.5. The molecule has 2 rings (SSSR count). The Morgan fingerprint density at radius 2 is 2.44 bits per heavy atom. The number of esters is 1. The van der Waals surface area contributed by atoms with Gasteiger partial charge in [0.15, 0.2) is 0 Å². The maximum Gasteiger partial charge on any atom is 0.311 e. The zero-order valence-electron chi connectivity index (χ0n) is 8.64. The van der Waals surface area contributed by atoms with Crippen molar-refractivity contribution in [2.45, 2.75) is 13.3 Å². The third-order valence-electron chi connectivity index (χ3n) is 1.98. The van der Waals surface area contributed by atoms with E-state index in [0.29, 0.717) is 12.3 Å². The lowest BCUT2D eigenvalue weighted by atomic mass is 10.3. The summed E-state index contributed by atoms with van der Waals surface area (Å²) in [5.74, 6) is -0.384. The van der Waals surface area contributed by atoms with Gasteiger partial charge in [-0.2, -0.15) is 0 Å². The van der Waals surface area contributed by atoms with E-state index in [2.05, 4.69) is 15.3 Å². The summed E-state index contributed by atoms with van der Waals surface area (Å²) >= 11 is 0. The lowest BCUT2D eigenvalue weighted by Crippen LogP contribution is -2.15. The fourth-order valence-corrected chi connectivity index (χ4v) is 1.35. The van der Waals surface area contributed by atoms with Gasteiger partial charge >= 0.3 is 5.97 Å². The van der Waals surface area contributed by atoms with Gasteiger partial charge in [-0.25, -0.2) is 4.52 Å². The number of aromatic amines is 1. The van der Waals surface area contributed by atoms with Crippen molar-refractivity contribution in [1.82, 2.24) is 19.8 Å². The molecule has 0 aliphatic rings. The predicted molar refractivity (Wildman–Crippen MR) is 53.9 cm³/mol. The second-order valence-corrected chi connectivity index (χ2v) is 3.15. The molecule has 2 heterocycles. The fraction of sp³-hybridized carbons (Fsp3) is 0.333. The van der Waals surface area contributed by atoms with Gasteiger partial charge in [-0.15, -0.1) is 10.2 Å². The van der Waals surface area contributed by atoms with Crippen molar-refractivity contribution >= 4 is 11.6 Å². The molecule has 1 N–H and O–H groups in total. The van der Waals surface area contributed by atoms with E-state index in [9.17, 15) is 9.59 Å². The van der Waals surface area contributed by atoms with Crippen LogP contribution >= 0.6 is 0 Å². The summed E-state index contributed by atoms with van der Waals surface area (Å²) < 4.78 is 6.15. The number of ether oxygens (including phenoxy) is 1. The molecule has 0 atom stereocenters. The molecule has 0 amide bonds. The molecule has 0 aliphatic heterocycles. The highest BCUT2D eigenvalue weighted by Gasteiger charge is 2.08. The second kappa shape index (κ2) is 4.13. The second-order valence-electron chi connectivity index (χ2n) is 3.15. The highest BCUT2D eigenvalue weighted by atomic mass is 16.5. The molecular weight excluding hydrogens is 212 g/mol. The van der Waals surface area contributed by atoms with E-state index in [0.717, 1.165) is 0 Å². The van der Waals surface area contributed by atoms with E-state index >= 15 is 0 Å². The first-order chi connectivity index (χ1) is 7.70.